The van der Waals surface area contributed by atoms with Crippen LogP contribution in [0.25, 0.3) is 21.0 Å². The van der Waals surface area contributed by atoms with E-state index in [1.54, 1.807) is 6.92 Å². The molecule has 2 fully saturated rings. The zero-order chi connectivity index (χ0) is 28.2. The maximum atomic E-state index is 14.1. The van der Waals surface area contributed by atoms with Gasteiger partial charge in [-0.3, -0.25) is 9.36 Å². The lowest BCUT2D eigenvalue weighted by atomic mass is 10.0. The highest BCUT2D eigenvalue weighted by Gasteiger charge is 2.40. The second kappa shape index (κ2) is 10.2. The average molecular weight is 564 g/mol. The summed E-state index contributed by atoms with van der Waals surface area (Å²) in [5.74, 6) is 0.455. The van der Waals surface area contributed by atoms with Crippen LogP contribution in [-0.2, 0) is 21.6 Å². The molecule has 0 aliphatic heterocycles. The number of thiophene rings is 1. The second-order valence-electron chi connectivity index (χ2n) is 11.6. The van der Waals surface area contributed by atoms with Crippen molar-refractivity contribution in [1.29, 1.82) is 0 Å². The minimum atomic E-state index is -1.77. The molecule has 6 rings (SSSR count). The topological polar surface area (TPSA) is 117 Å². The molecule has 3 unspecified atom stereocenters. The van der Waals surface area contributed by atoms with E-state index in [0.29, 0.717) is 33.0 Å². The molecule has 10 heteroatoms. The number of ether oxygens (including phenoxy) is 1. The third kappa shape index (κ3) is 4.43. The van der Waals surface area contributed by atoms with Gasteiger partial charge in [0.1, 0.15) is 22.7 Å². The molecule has 0 amide bonds. The van der Waals surface area contributed by atoms with Crippen LogP contribution in [0.1, 0.15) is 63.2 Å². The van der Waals surface area contributed by atoms with Crippen molar-refractivity contribution in [2.24, 2.45) is 11.8 Å². The number of carboxylic acids is 1. The van der Waals surface area contributed by atoms with Crippen LogP contribution in [0.5, 0.6) is 0 Å². The number of hydrogen-bond donors (Lipinski definition) is 1. The number of rotatable bonds is 8. The fourth-order valence-corrected chi connectivity index (χ4v) is 7.79. The quantitative estimate of drug-likeness (QED) is 0.307. The summed E-state index contributed by atoms with van der Waals surface area (Å²) in [7, 11) is 0. The van der Waals surface area contributed by atoms with Crippen LogP contribution < -0.4 is 11.2 Å². The average Bonchev–Trinajstić information content (AvgIpc) is 3.71. The molecule has 9 nitrogen and oxygen atoms in total. The Bertz CT molecular complexity index is 1660. The van der Waals surface area contributed by atoms with Crippen molar-refractivity contribution in [3.8, 4) is 10.8 Å². The molecule has 0 bridgehead atoms. The molecular weight excluding hydrogens is 530 g/mol. The highest BCUT2D eigenvalue weighted by atomic mass is 32.1. The van der Waals surface area contributed by atoms with Gasteiger partial charge in [-0.25, -0.2) is 19.1 Å². The number of aromatic nitrogens is 3. The van der Waals surface area contributed by atoms with Crippen LogP contribution in [0.3, 0.4) is 0 Å². The van der Waals surface area contributed by atoms with Crippen LogP contribution in [0.4, 0.5) is 0 Å². The zero-order valence-electron chi connectivity index (χ0n) is 22.8. The van der Waals surface area contributed by atoms with Gasteiger partial charge < -0.3 is 14.3 Å². The Labute approximate surface area is 235 Å². The van der Waals surface area contributed by atoms with Gasteiger partial charge in [0.15, 0.2) is 0 Å². The Balaban J connectivity index is 1.52. The van der Waals surface area contributed by atoms with E-state index in [9.17, 15) is 19.5 Å². The summed E-state index contributed by atoms with van der Waals surface area (Å²) >= 11 is 1.25. The van der Waals surface area contributed by atoms with Crippen LogP contribution in [0, 0.1) is 18.8 Å². The highest BCUT2D eigenvalue weighted by molar-refractivity contribution is 7.22. The number of aliphatic carboxylic acids is 1. The van der Waals surface area contributed by atoms with E-state index in [1.807, 2.05) is 30.3 Å². The molecule has 1 N–H and O–H groups in total. The number of oxazole rings is 1. The maximum absolute atomic E-state index is 14.1. The SMILES string of the molecule is Cc1c(-c2ncco2)sc2c1c(=O)n(C(C)(C)C(=O)O)c(=O)n2CC(OC1CC2CCCC2C1)c1ccccc1. The fraction of sp³-hybridized carbons (Fsp3) is 0.467. The minimum absolute atomic E-state index is 0.0843. The van der Waals surface area contributed by atoms with Gasteiger partial charge in [-0.15, -0.1) is 11.3 Å². The van der Waals surface area contributed by atoms with E-state index < -0.39 is 28.9 Å². The monoisotopic (exact) mass is 563 g/mol. The number of carboxylic acid groups (broad SMARTS) is 1. The lowest BCUT2D eigenvalue weighted by Gasteiger charge is -2.27. The van der Waals surface area contributed by atoms with E-state index in [4.69, 9.17) is 9.15 Å². The number of hydrogen-bond acceptors (Lipinski definition) is 7. The molecule has 2 aliphatic carbocycles. The molecule has 3 aromatic heterocycles. The number of carbonyl (C=O) groups is 1. The normalized spacial score (nSPS) is 21.6. The predicted octanol–water partition coefficient (Wildman–Crippen LogP) is 5.34. The molecular formula is C30H33N3O6S. The van der Waals surface area contributed by atoms with E-state index in [0.717, 1.165) is 23.0 Å². The number of fused-ring (bicyclic) bond motifs is 2. The smallest absolute Gasteiger partial charge is 0.333 e. The molecule has 3 atom stereocenters. The van der Waals surface area contributed by atoms with Crippen molar-refractivity contribution >= 4 is 27.5 Å². The molecule has 4 aromatic rings. The standard InChI is InChI=1S/C30H33N3O6S/c1-17-23-26(34)33(30(2,3)28(35)36)29(37)32(27(23)40-24(17)25-31-12-13-38-25)16-22(18-8-5-4-6-9-18)39-21-14-19-10-7-11-20(19)15-21/h4-6,8-9,12-13,19-22H,7,10-11,14-16H2,1-3H3,(H,35,36). The van der Waals surface area contributed by atoms with E-state index >= 15 is 0 Å². The molecule has 2 aliphatic rings. The lowest BCUT2D eigenvalue weighted by Crippen LogP contribution is -2.52. The molecule has 40 heavy (non-hydrogen) atoms. The van der Waals surface area contributed by atoms with Gasteiger partial charge >= 0.3 is 11.7 Å². The zero-order valence-corrected chi connectivity index (χ0v) is 23.6. The summed E-state index contributed by atoms with van der Waals surface area (Å²) in [4.78, 5) is 45.5. The highest BCUT2D eigenvalue weighted by Crippen LogP contribution is 2.46. The predicted molar refractivity (Wildman–Crippen MR) is 152 cm³/mol. The molecule has 0 radical (unpaired) electrons. The number of aryl methyl sites for hydroxylation is 1. The Morgan fingerprint density at radius 1 is 1.20 bits per heavy atom. The third-order valence-corrected chi connectivity index (χ3v) is 10.0. The van der Waals surface area contributed by atoms with Crippen LogP contribution in [0.15, 0.2) is 56.8 Å². The van der Waals surface area contributed by atoms with E-state index in [-0.39, 0.29) is 18.0 Å². The first-order chi connectivity index (χ1) is 19.2. The van der Waals surface area contributed by atoms with Crippen molar-refractivity contribution < 1.29 is 19.1 Å². The Morgan fingerprint density at radius 3 is 2.52 bits per heavy atom. The summed E-state index contributed by atoms with van der Waals surface area (Å²) in [5, 5.41) is 10.3. The van der Waals surface area contributed by atoms with Crippen molar-refractivity contribution in [2.75, 3.05) is 0 Å². The molecule has 1 aromatic carbocycles. The first-order valence-corrected chi connectivity index (χ1v) is 14.6. The molecule has 2 saturated carbocycles. The fourth-order valence-electron chi connectivity index (χ4n) is 6.55. The number of nitrogens with zero attached hydrogens (tertiary/aromatic N) is 3. The third-order valence-electron chi connectivity index (χ3n) is 8.75. The second-order valence-corrected chi connectivity index (χ2v) is 12.6. The first kappa shape index (κ1) is 26.7. The summed E-state index contributed by atoms with van der Waals surface area (Å²) in [5.41, 5.74) is -1.57. The van der Waals surface area contributed by atoms with Gasteiger partial charge in [0.25, 0.3) is 5.56 Å². The Kier molecular flexibility index (Phi) is 6.78. The first-order valence-electron chi connectivity index (χ1n) is 13.8. The lowest BCUT2D eigenvalue weighted by molar-refractivity contribution is -0.146. The van der Waals surface area contributed by atoms with Crippen molar-refractivity contribution in [3.05, 3.63) is 74.8 Å². The Hall–Kier alpha value is -3.50. The van der Waals surface area contributed by atoms with Crippen molar-refractivity contribution in [3.63, 3.8) is 0 Å². The van der Waals surface area contributed by atoms with Gasteiger partial charge in [-0.2, -0.15) is 0 Å². The van der Waals surface area contributed by atoms with Gasteiger partial charge in [0.2, 0.25) is 5.89 Å². The molecule has 3 heterocycles. The minimum Gasteiger partial charge on any atom is -0.480 e. The summed E-state index contributed by atoms with van der Waals surface area (Å²) in [6.07, 6.45) is 8.39. The summed E-state index contributed by atoms with van der Waals surface area (Å²) in [6, 6.07) is 9.79. The maximum Gasteiger partial charge on any atom is 0.333 e. The van der Waals surface area contributed by atoms with Crippen molar-refractivity contribution in [1.82, 2.24) is 14.1 Å². The Morgan fingerprint density at radius 2 is 1.90 bits per heavy atom. The summed E-state index contributed by atoms with van der Waals surface area (Å²) < 4.78 is 14.7. The van der Waals surface area contributed by atoms with Crippen LogP contribution in [0.2, 0.25) is 0 Å². The van der Waals surface area contributed by atoms with Crippen LogP contribution >= 0.6 is 11.3 Å². The van der Waals surface area contributed by atoms with E-state index in [1.165, 1.54) is 61.5 Å². The van der Waals surface area contributed by atoms with Gasteiger partial charge in [0, 0.05) is 0 Å². The molecule has 0 spiro atoms. The summed E-state index contributed by atoms with van der Waals surface area (Å²) in [6.45, 7) is 4.64. The van der Waals surface area contributed by atoms with Crippen molar-refractivity contribution in [2.45, 2.75) is 77.2 Å². The van der Waals surface area contributed by atoms with Crippen LogP contribution in [-0.4, -0.2) is 31.3 Å². The largest absolute Gasteiger partial charge is 0.480 e. The van der Waals surface area contributed by atoms with Gasteiger partial charge in [0.05, 0.1) is 29.1 Å². The van der Waals surface area contributed by atoms with Gasteiger partial charge in [-0.05, 0) is 56.6 Å². The number of benzene rings is 1. The molecule has 0 saturated heterocycles. The van der Waals surface area contributed by atoms with E-state index in [2.05, 4.69) is 4.98 Å². The molecule has 210 valence electrons. The van der Waals surface area contributed by atoms with Gasteiger partial charge in [-0.1, -0.05) is 49.6 Å².